The fourth-order valence-corrected chi connectivity index (χ4v) is 4.38. The van der Waals surface area contributed by atoms with Crippen molar-refractivity contribution in [3.05, 3.63) is 59.2 Å². The van der Waals surface area contributed by atoms with Crippen molar-refractivity contribution < 1.29 is 19.1 Å². The zero-order valence-electron chi connectivity index (χ0n) is 17.6. The van der Waals surface area contributed by atoms with Gasteiger partial charge in [-0.2, -0.15) is 0 Å². The van der Waals surface area contributed by atoms with Crippen LogP contribution in [0.15, 0.2) is 42.5 Å². The van der Waals surface area contributed by atoms with Crippen LogP contribution >= 0.6 is 0 Å². The SMILES string of the molecule is CC1Oc2ccc(C(N)C(=O)OC(C)(C)CC3CCc4ccccc43)cc2NC1=O. The van der Waals surface area contributed by atoms with E-state index >= 15 is 0 Å². The summed E-state index contributed by atoms with van der Waals surface area (Å²) in [6, 6.07) is 12.6. The van der Waals surface area contributed by atoms with Gasteiger partial charge in [0.1, 0.15) is 17.4 Å². The summed E-state index contributed by atoms with van der Waals surface area (Å²) in [4.78, 5) is 24.6. The molecule has 1 heterocycles. The Kier molecular flexibility index (Phi) is 5.28. The smallest absolute Gasteiger partial charge is 0.328 e. The van der Waals surface area contributed by atoms with Gasteiger partial charge >= 0.3 is 5.97 Å². The van der Waals surface area contributed by atoms with Crippen LogP contribution in [0.1, 0.15) is 62.3 Å². The molecule has 2 aromatic rings. The molecule has 0 saturated carbocycles. The third-order valence-electron chi connectivity index (χ3n) is 5.92. The molecule has 2 aromatic carbocycles. The van der Waals surface area contributed by atoms with E-state index in [-0.39, 0.29) is 5.91 Å². The molecule has 2 aliphatic rings. The van der Waals surface area contributed by atoms with E-state index in [1.54, 1.807) is 25.1 Å². The number of fused-ring (bicyclic) bond motifs is 2. The van der Waals surface area contributed by atoms with Crippen molar-refractivity contribution in [3.8, 4) is 5.75 Å². The standard InChI is InChI=1S/C24H28N2O4/c1-14-22(27)26-19-12-16(10-11-20(19)29-14)21(25)23(28)30-24(2,3)13-17-9-8-15-6-4-5-7-18(15)17/h4-7,10-12,14,17,21H,8-9,13,25H2,1-3H3,(H,26,27). The zero-order chi connectivity index (χ0) is 21.5. The fraction of sp³-hybridized carbons (Fsp3) is 0.417. The van der Waals surface area contributed by atoms with Crippen LogP contribution in [-0.2, 0) is 20.7 Å². The molecule has 1 aliphatic carbocycles. The summed E-state index contributed by atoms with van der Waals surface area (Å²) in [5, 5.41) is 2.78. The first-order valence-corrected chi connectivity index (χ1v) is 10.4. The maximum atomic E-state index is 12.8. The topological polar surface area (TPSA) is 90.7 Å². The Morgan fingerprint density at radius 3 is 2.87 bits per heavy atom. The third-order valence-corrected chi connectivity index (χ3v) is 5.92. The maximum absolute atomic E-state index is 12.8. The number of anilines is 1. The average Bonchev–Trinajstić information content (AvgIpc) is 3.10. The second-order valence-corrected chi connectivity index (χ2v) is 8.80. The van der Waals surface area contributed by atoms with Crippen molar-refractivity contribution in [1.82, 2.24) is 0 Å². The van der Waals surface area contributed by atoms with Gasteiger partial charge in [-0.3, -0.25) is 4.79 Å². The second kappa shape index (κ2) is 7.76. The maximum Gasteiger partial charge on any atom is 0.328 e. The summed E-state index contributed by atoms with van der Waals surface area (Å²) < 4.78 is 11.4. The van der Waals surface area contributed by atoms with Crippen molar-refractivity contribution in [2.75, 3.05) is 5.32 Å². The number of hydrogen-bond donors (Lipinski definition) is 2. The highest BCUT2D eigenvalue weighted by atomic mass is 16.6. The van der Waals surface area contributed by atoms with Crippen LogP contribution in [0.5, 0.6) is 5.75 Å². The Hall–Kier alpha value is -2.86. The van der Waals surface area contributed by atoms with Crippen LogP contribution in [0.2, 0.25) is 0 Å². The van der Waals surface area contributed by atoms with Gasteiger partial charge in [0.05, 0.1) is 5.69 Å². The Morgan fingerprint density at radius 1 is 1.30 bits per heavy atom. The molecule has 3 atom stereocenters. The summed E-state index contributed by atoms with van der Waals surface area (Å²) in [6.45, 7) is 5.54. The number of carbonyl (C=O) groups is 2. The van der Waals surface area contributed by atoms with Gasteiger partial charge in [0.2, 0.25) is 0 Å². The molecule has 0 radical (unpaired) electrons. The van der Waals surface area contributed by atoms with Crippen LogP contribution in [0.4, 0.5) is 5.69 Å². The van der Waals surface area contributed by atoms with Gasteiger partial charge in [-0.25, -0.2) is 4.79 Å². The van der Waals surface area contributed by atoms with Gasteiger partial charge in [0.15, 0.2) is 6.10 Å². The van der Waals surface area contributed by atoms with Gasteiger partial charge in [0.25, 0.3) is 5.91 Å². The van der Waals surface area contributed by atoms with Crippen molar-refractivity contribution in [3.63, 3.8) is 0 Å². The van der Waals surface area contributed by atoms with Crippen LogP contribution in [0.3, 0.4) is 0 Å². The lowest BCUT2D eigenvalue weighted by Crippen LogP contribution is -2.36. The van der Waals surface area contributed by atoms with Crippen LogP contribution in [-0.4, -0.2) is 23.6 Å². The van der Waals surface area contributed by atoms with Gasteiger partial charge in [-0.15, -0.1) is 0 Å². The van der Waals surface area contributed by atoms with E-state index < -0.39 is 23.7 Å². The summed E-state index contributed by atoms with van der Waals surface area (Å²) in [7, 11) is 0. The molecule has 0 saturated heterocycles. The molecule has 0 spiro atoms. The predicted octanol–water partition coefficient (Wildman–Crippen LogP) is 3.85. The van der Waals surface area contributed by atoms with Crippen molar-refractivity contribution in [1.29, 1.82) is 0 Å². The number of nitrogens with one attached hydrogen (secondary N) is 1. The summed E-state index contributed by atoms with van der Waals surface area (Å²) in [5.41, 5.74) is 9.38. The lowest BCUT2D eigenvalue weighted by Gasteiger charge is -2.30. The highest BCUT2D eigenvalue weighted by molar-refractivity contribution is 5.97. The van der Waals surface area contributed by atoms with E-state index in [0.29, 0.717) is 22.9 Å². The van der Waals surface area contributed by atoms with Crippen LogP contribution in [0.25, 0.3) is 0 Å². The van der Waals surface area contributed by atoms with E-state index in [4.69, 9.17) is 15.2 Å². The first kappa shape index (κ1) is 20.4. The fourth-order valence-electron chi connectivity index (χ4n) is 4.38. The van der Waals surface area contributed by atoms with Crippen molar-refractivity contribution in [2.24, 2.45) is 5.73 Å². The first-order chi connectivity index (χ1) is 14.2. The van der Waals surface area contributed by atoms with Gasteiger partial charge < -0.3 is 20.5 Å². The molecule has 3 N–H and O–H groups in total. The highest BCUT2D eigenvalue weighted by Gasteiger charge is 2.33. The molecule has 6 heteroatoms. The number of ether oxygens (including phenoxy) is 2. The number of esters is 1. The third kappa shape index (κ3) is 4.05. The summed E-state index contributed by atoms with van der Waals surface area (Å²) >= 11 is 0. The molecule has 0 aromatic heterocycles. The molecular formula is C24H28N2O4. The largest absolute Gasteiger partial charge is 0.479 e. The van der Waals surface area contributed by atoms with E-state index in [0.717, 1.165) is 19.3 Å². The Morgan fingerprint density at radius 2 is 2.07 bits per heavy atom. The number of rotatable bonds is 5. The number of nitrogens with two attached hydrogens (primary N) is 1. The molecule has 0 bridgehead atoms. The van der Waals surface area contributed by atoms with E-state index in [2.05, 4.69) is 29.6 Å². The minimum atomic E-state index is -0.943. The summed E-state index contributed by atoms with van der Waals surface area (Å²) in [5.74, 6) is 0.224. The monoisotopic (exact) mass is 408 g/mol. The minimum absolute atomic E-state index is 0.228. The lowest BCUT2D eigenvalue weighted by atomic mass is 9.89. The number of aryl methyl sites for hydroxylation is 1. The molecule has 1 aliphatic heterocycles. The quantitative estimate of drug-likeness (QED) is 0.734. The predicted molar refractivity (Wildman–Crippen MR) is 114 cm³/mol. The van der Waals surface area contributed by atoms with Crippen molar-refractivity contribution in [2.45, 2.75) is 63.7 Å². The second-order valence-electron chi connectivity index (χ2n) is 8.80. The number of benzene rings is 2. The highest BCUT2D eigenvalue weighted by Crippen LogP contribution is 2.39. The van der Waals surface area contributed by atoms with E-state index in [1.807, 2.05) is 13.8 Å². The molecule has 4 rings (SSSR count). The summed E-state index contributed by atoms with van der Waals surface area (Å²) in [6.07, 6.45) is 2.32. The van der Waals surface area contributed by atoms with Crippen LogP contribution < -0.4 is 15.8 Å². The van der Waals surface area contributed by atoms with E-state index in [9.17, 15) is 9.59 Å². The van der Waals surface area contributed by atoms with Crippen LogP contribution in [0, 0.1) is 0 Å². The Labute approximate surface area is 176 Å². The van der Waals surface area contributed by atoms with Crippen molar-refractivity contribution >= 4 is 17.6 Å². The molecule has 0 fully saturated rings. The molecule has 30 heavy (non-hydrogen) atoms. The van der Waals surface area contributed by atoms with Gasteiger partial charge in [0, 0.05) is 0 Å². The number of carbonyl (C=O) groups excluding carboxylic acids is 2. The molecule has 3 unspecified atom stereocenters. The number of hydrogen-bond acceptors (Lipinski definition) is 5. The molecule has 158 valence electrons. The Balaban J connectivity index is 1.43. The van der Waals surface area contributed by atoms with E-state index in [1.165, 1.54) is 11.1 Å². The lowest BCUT2D eigenvalue weighted by molar-refractivity contribution is -0.159. The first-order valence-electron chi connectivity index (χ1n) is 10.4. The molecular weight excluding hydrogens is 380 g/mol. The minimum Gasteiger partial charge on any atom is -0.479 e. The molecule has 1 amide bonds. The Bertz CT molecular complexity index is 985. The van der Waals surface area contributed by atoms with Gasteiger partial charge in [-0.05, 0) is 74.8 Å². The normalized spacial score (nSPS) is 21.1. The number of amides is 1. The zero-order valence-corrected chi connectivity index (χ0v) is 17.6. The van der Waals surface area contributed by atoms with Gasteiger partial charge in [-0.1, -0.05) is 30.3 Å². The molecule has 6 nitrogen and oxygen atoms in total. The average molecular weight is 408 g/mol.